The number of halogens is 1. The number of fused-ring (bicyclic) bond motifs is 1. The van der Waals surface area contributed by atoms with E-state index in [0.29, 0.717) is 0 Å². The van der Waals surface area contributed by atoms with E-state index < -0.39 is 0 Å². The van der Waals surface area contributed by atoms with Crippen LogP contribution in [-0.2, 0) is 11.2 Å². The first-order valence-corrected chi connectivity index (χ1v) is 8.37. The van der Waals surface area contributed by atoms with Gasteiger partial charge in [0.15, 0.2) is 0 Å². The fourth-order valence-corrected chi connectivity index (χ4v) is 3.05. The van der Waals surface area contributed by atoms with Crippen molar-refractivity contribution >= 4 is 15.9 Å². The molecule has 2 rings (SSSR count). The van der Waals surface area contributed by atoms with Gasteiger partial charge in [0, 0.05) is 11.9 Å². The van der Waals surface area contributed by atoms with Crippen LogP contribution in [0.1, 0.15) is 36.5 Å². The molecule has 1 aliphatic heterocycles. The Kier molecular flexibility index (Phi) is 6.35. The standard InChI is InChI=1S/C16H24BrNO/c1-18(11-6-2-5-10-17)13-16-15-8-4-3-7-14(15)9-12-19-16/h3-4,7-8,16H,2,5-6,9-13H2,1H3. The number of nitrogens with zero attached hydrogens (tertiary/aromatic N) is 1. The van der Waals surface area contributed by atoms with Crippen molar-refractivity contribution in [3.63, 3.8) is 0 Å². The number of ether oxygens (including phenoxy) is 1. The number of rotatable bonds is 7. The van der Waals surface area contributed by atoms with E-state index in [1.807, 2.05) is 0 Å². The Morgan fingerprint density at radius 3 is 2.95 bits per heavy atom. The molecule has 0 amide bonds. The Bertz CT molecular complexity index is 383. The van der Waals surface area contributed by atoms with Crippen LogP contribution in [0.4, 0.5) is 0 Å². The third-order valence-corrected chi connectivity index (χ3v) is 4.30. The van der Waals surface area contributed by atoms with Crippen molar-refractivity contribution < 1.29 is 4.74 Å². The van der Waals surface area contributed by atoms with Crippen LogP contribution in [0.25, 0.3) is 0 Å². The number of hydrogen-bond acceptors (Lipinski definition) is 2. The molecule has 1 aromatic carbocycles. The highest BCUT2D eigenvalue weighted by Gasteiger charge is 2.21. The van der Waals surface area contributed by atoms with Crippen molar-refractivity contribution in [2.45, 2.75) is 31.8 Å². The van der Waals surface area contributed by atoms with Crippen LogP contribution in [0.5, 0.6) is 0 Å². The van der Waals surface area contributed by atoms with Crippen LogP contribution in [0, 0.1) is 0 Å². The van der Waals surface area contributed by atoms with E-state index >= 15 is 0 Å². The molecule has 0 aromatic heterocycles. The minimum Gasteiger partial charge on any atom is -0.372 e. The number of benzene rings is 1. The molecule has 1 unspecified atom stereocenters. The Morgan fingerprint density at radius 2 is 2.11 bits per heavy atom. The van der Waals surface area contributed by atoms with Crippen molar-refractivity contribution in [2.24, 2.45) is 0 Å². The smallest absolute Gasteiger partial charge is 0.0954 e. The molecule has 0 saturated heterocycles. The second kappa shape index (κ2) is 8.03. The maximum absolute atomic E-state index is 5.95. The SMILES string of the molecule is CN(CCCCCBr)CC1OCCc2ccccc21. The lowest BCUT2D eigenvalue weighted by Crippen LogP contribution is -2.30. The number of alkyl halides is 1. The molecule has 0 saturated carbocycles. The van der Waals surface area contributed by atoms with E-state index in [2.05, 4.69) is 52.1 Å². The second-order valence-corrected chi connectivity index (χ2v) is 6.11. The third-order valence-electron chi connectivity index (χ3n) is 3.74. The van der Waals surface area contributed by atoms with E-state index in [0.717, 1.165) is 31.4 Å². The lowest BCUT2D eigenvalue weighted by molar-refractivity contribution is 0.0208. The van der Waals surface area contributed by atoms with E-state index in [9.17, 15) is 0 Å². The van der Waals surface area contributed by atoms with Crippen molar-refractivity contribution in [1.82, 2.24) is 4.90 Å². The Morgan fingerprint density at radius 1 is 1.26 bits per heavy atom. The summed E-state index contributed by atoms with van der Waals surface area (Å²) in [6.07, 6.45) is 5.16. The summed E-state index contributed by atoms with van der Waals surface area (Å²) in [6, 6.07) is 8.71. The van der Waals surface area contributed by atoms with Gasteiger partial charge in [0.2, 0.25) is 0 Å². The minimum atomic E-state index is 0.256. The Labute approximate surface area is 125 Å². The Hall–Kier alpha value is -0.380. The van der Waals surface area contributed by atoms with Gasteiger partial charge in [-0.1, -0.05) is 46.6 Å². The molecular weight excluding hydrogens is 302 g/mol. The first kappa shape index (κ1) is 15.0. The lowest BCUT2D eigenvalue weighted by atomic mass is 9.97. The van der Waals surface area contributed by atoms with E-state index in [-0.39, 0.29) is 6.10 Å². The van der Waals surface area contributed by atoms with Crippen molar-refractivity contribution in [3.8, 4) is 0 Å². The molecule has 1 aromatic rings. The highest BCUT2D eigenvalue weighted by molar-refractivity contribution is 9.09. The molecule has 0 bridgehead atoms. The summed E-state index contributed by atoms with van der Waals surface area (Å²) in [6.45, 7) is 3.03. The zero-order chi connectivity index (χ0) is 13.5. The molecule has 1 aliphatic rings. The van der Waals surface area contributed by atoms with Crippen molar-refractivity contribution in [1.29, 1.82) is 0 Å². The van der Waals surface area contributed by atoms with Gasteiger partial charge >= 0.3 is 0 Å². The summed E-state index contributed by atoms with van der Waals surface area (Å²) in [4.78, 5) is 2.40. The summed E-state index contributed by atoms with van der Waals surface area (Å²) in [5, 5.41) is 1.12. The van der Waals surface area contributed by atoms with E-state index in [4.69, 9.17) is 4.74 Å². The largest absolute Gasteiger partial charge is 0.372 e. The van der Waals surface area contributed by atoms with Crippen LogP contribution in [0.3, 0.4) is 0 Å². The zero-order valence-corrected chi connectivity index (χ0v) is 13.4. The summed E-state index contributed by atoms with van der Waals surface area (Å²) < 4.78 is 5.95. The predicted molar refractivity (Wildman–Crippen MR) is 84.0 cm³/mol. The molecule has 0 N–H and O–H groups in total. The number of unbranched alkanes of at least 4 members (excludes halogenated alkanes) is 2. The molecule has 0 radical (unpaired) electrons. The van der Waals surface area contributed by atoms with Crippen molar-refractivity contribution in [2.75, 3.05) is 32.1 Å². The zero-order valence-electron chi connectivity index (χ0n) is 11.8. The Balaban J connectivity index is 1.83. The highest BCUT2D eigenvalue weighted by atomic mass is 79.9. The molecule has 1 heterocycles. The summed E-state index contributed by atoms with van der Waals surface area (Å²) >= 11 is 3.48. The van der Waals surface area contributed by atoms with Gasteiger partial charge < -0.3 is 9.64 Å². The molecule has 0 spiro atoms. The second-order valence-electron chi connectivity index (χ2n) is 5.32. The first-order valence-electron chi connectivity index (χ1n) is 7.25. The average molecular weight is 326 g/mol. The molecular formula is C16H24BrNO. The summed E-state index contributed by atoms with van der Waals surface area (Å²) in [7, 11) is 2.20. The lowest BCUT2D eigenvalue weighted by Gasteiger charge is -2.29. The monoisotopic (exact) mass is 325 g/mol. The molecule has 2 nitrogen and oxygen atoms in total. The quantitative estimate of drug-likeness (QED) is 0.558. The average Bonchev–Trinajstić information content (AvgIpc) is 2.44. The first-order chi connectivity index (χ1) is 9.31. The van der Waals surface area contributed by atoms with E-state index in [1.54, 1.807) is 0 Å². The van der Waals surface area contributed by atoms with Gasteiger partial charge in [-0.15, -0.1) is 0 Å². The normalized spacial score (nSPS) is 18.6. The van der Waals surface area contributed by atoms with Gasteiger partial charge in [-0.2, -0.15) is 0 Å². The third kappa shape index (κ3) is 4.59. The van der Waals surface area contributed by atoms with E-state index in [1.165, 1.54) is 30.4 Å². The minimum absolute atomic E-state index is 0.256. The van der Waals surface area contributed by atoms with Gasteiger partial charge in [0.05, 0.1) is 12.7 Å². The fourth-order valence-electron chi connectivity index (χ4n) is 2.66. The molecule has 0 aliphatic carbocycles. The van der Waals surface area contributed by atoms with Crippen LogP contribution in [0.15, 0.2) is 24.3 Å². The molecule has 19 heavy (non-hydrogen) atoms. The number of likely N-dealkylation sites (N-methyl/N-ethyl adjacent to an activating group) is 1. The molecule has 0 fully saturated rings. The fraction of sp³-hybridized carbons (Fsp3) is 0.625. The van der Waals surface area contributed by atoms with Gasteiger partial charge in [-0.05, 0) is 44.0 Å². The summed E-state index contributed by atoms with van der Waals surface area (Å²) in [5.41, 5.74) is 2.85. The van der Waals surface area contributed by atoms with Gasteiger partial charge in [0.1, 0.15) is 0 Å². The number of hydrogen-bond donors (Lipinski definition) is 0. The predicted octanol–water partition coefficient (Wildman–Crippen LogP) is 3.80. The van der Waals surface area contributed by atoms with Crippen molar-refractivity contribution in [3.05, 3.63) is 35.4 Å². The molecule has 106 valence electrons. The van der Waals surface area contributed by atoms with Gasteiger partial charge in [-0.25, -0.2) is 0 Å². The molecule has 1 atom stereocenters. The van der Waals surface area contributed by atoms with Crippen LogP contribution < -0.4 is 0 Å². The topological polar surface area (TPSA) is 12.5 Å². The maximum Gasteiger partial charge on any atom is 0.0954 e. The van der Waals surface area contributed by atoms with Crippen LogP contribution >= 0.6 is 15.9 Å². The summed E-state index contributed by atoms with van der Waals surface area (Å²) in [5.74, 6) is 0. The molecule has 3 heteroatoms. The van der Waals surface area contributed by atoms with Crippen LogP contribution in [-0.4, -0.2) is 37.0 Å². The maximum atomic E-state index is 5.95. The van der Waals surface area contributed by atoms with Gasteiger partial charge in [-0.3, -0.25) is 0 Å². The van der Waals surface area contributed by atoms with Crippen LogP contribution in [0.2, 0.25) is 0 Å². The highest BCUT2D eigenvalue weighted by Crippen LogP contribution is 2.27. The van der Waals surface area contributed by atoms with Gasteiger partial charge in [0.25, 0.3) is 0 Å².